The number of benzene rings is 1. The Morgan fingerprint density at radius 3 is 2.69 bits per heavy atom. The molecule has 39 heavy (non-hydrogen) atoms. The van der Waals surface area contributed by atoms with Crippen LogP contribution in [0.25, 0.3) is 16.9 Å². The van der Waals surface area contributed by atoms with Gasteiger partial charge in [0.1, 0.15) is 11.9 Å². The first-order chi connectivity index (χ1) is 18.5. The lowest BCUT2D eigenvalue weighted by atomic mass is 9.91. The zero-order valence-electron chi connectivity index (χ0n) is 21.3. The summed E-state index contributed by atoms with van der Waals surface area (Å²) in [6.45, 7) is 2.66. The highest BCUT2D eigenvalue weighted by atomic mass is 19.4. The van der Waals surface area contributed by atoms with Gasteiger partial charge in [-0.15, -0.1) is 0 Å². The van der Waals surface area contributed by atoms with Crippen molar-refractivity contribution in [1.82, 2.24) is 29.6 Å². The van der Waals surface area contributed by atoms with E-state index in [0.29, 0.717) is 10.4 Å². The van der Waals surface area contributed by atoms with Crippen LogP contribution in [0.4, 0.5) is 24.8 Å². The summed E-state index contributed by atoms with van der Waals surface area (Å²) in [5.41, 5.74) is 1.77. The van der Waals surface area contributed by atoms with Gasteiger partial charge in [-0.25, -0.2) is 19.3 Å². The molecule has 0 unspecified atom stereocenters. The van der Waals surface area contributed by atoms with Gasteiger partial charge in [-0.2, -0.15) is 23.4 Å². The van der Waals surface area contributed by atoms with Crippen LogP contribution in [0.5, 0.6) is 0 Å². The van der Waals surface area contributed by atoms with Crippen molar-refractivity contribution in [2.24, 2.45) is 0 Å². The molecule has 0 radical (unpaired) electrons. The lowest BCUT2D eigenvalue weighted by Gasteiger charge is -2.27. The summed E-state index contributed by atoms with van der Waals surface area (Å²) in [6, 6.07) is 12.9. The molecule has 3 aromatic heterocycles. The van der Waals surface area contributed by atoms with Crippen molar-refractivity contribution < 1.29 is 13.2 Å². The third kappa shape index (κ3) is 4.42. The van der Waals surface area contributed by atoms with Crippen LogP contribution < -0.4 is 16.2 Å². The molecule has 0 atom stereocenters. The number of pyridine rings is 1. The Hall–Kier alpha value is -4.24. The lowest BCUT2D eigenvalue weighted by molar-refractivity contribution is -0.144. The summed E-state index contributed by atoms with van der Waals surface area (Å²) >= 11 is 0. The van der Waals surface area contributed by atoms with Crippen molar-refractivity contribution in [2.45, 2.75) is 56.8 Å². The molecule has 9 nitrogen and oxygen atoms in total. The van der Waals surface area contributed by atoms with E-state index < -0.39 is 23.7 Å². The number of nitrogens with zero attached hydrogens (tertiary/aromatic N) is 6. The number of nitriles is 1. The smallest absolute Gasteiger partial charge is 0.324 e. The van der Waals surface area contributed by atoms with Crippen molar-refractivity contribution in [3.63, 3.8) is 0 Å². The Morgan fingerprint density at radius 2 is 1.97 bits per heavy atom. The largest absolute Gasteiger partial charge is 0.408 e. The average Bonchev–Trinajstić information content (AvgIpc) is 3.62. The molecule has 1 aliphatic carbocycles. The fourth-order valence-corrected chi connectivity index (χ4v) is 5.16. The Bertz CT molecular complexity index is 1710. The van der Waals surface area contributed by atoms with E-state index in [4.69, 9.17) is 0 Å². The Labute approximate surface area is 221 Å². The number of fused-ring (bicyclic) bond motifs is 3. The van der Waals surface area contributed by atoms with E-state index in [0.717, 1.165) is 36.2 Å². The van der Waals surface area contributed by atoms with Gasteiger partial charge in [0.05, 0.1) is 17.2 Å². The molecule has 1 aliphatic heterocycles. The van der Waals surface area contributed by atoms with E-state index in [9.17, 15) is 23.2 Å². The molecule has 1 aromatic carbocycles. The van der Waals surface area contributed by atoms with Crippen LogP contribution in [0.1, 0.15) is 43.5 Å². The van der Waals surface area contributed by atoms with Crippen molar-refractivity contribution in [3.8, 4) is 11.9 Å². The van der Waals surface area contributed by atoms with E-state index in [2.05, 4.69) is 37.7 Å². The quantitative estimate of drug-likeness (QED) is 0.394. The molecule has 12 heteroatoms. The second-order valence-corrected chi connectivity index (χ2v) is 10.6. The lowest BCUT2D eigenvalue weighted by Crippen LogP contribution is -2.36. The SMILES string of the molecule is CC(C)(C#N)c1cccc(-n2c3nc(Nc4ccc5c(c4)CCNC54CC4)ncc3c(=O)n2CC(F)(F)F)n1. The van der Waals surface area contributed by atoms with E-state index in [-0.39, 0.29) is 28.3 Å². The second kappa shape index (κ2) is 8.64. The number of alkyl halides is 3. The minimum absolute atomic E-state index is 0.0275. The van der Waals surface area contributed by atoms with Gasteiger partial charge in [-0.05, 0) is 68.5 Å². The molecule has 1 spiro atoms. The number of hydrogen-bond donors (Lipinski definition) is 2. The number of hydrogen-bond acceptors (Lipinski definition) is 7. The van der Waals surface area contributed by atoms with Crippen molar-refractivity contribution >= 4 is 22.7 Å². The monoisotopic (exact) mass is 534 g/mol. The molecule has 2 aliphatic rings. The molecule has 2 N–H and O–H groups in total. The van der Waals surface area contributed by atoms with Gasteiger partial charge in [0.25, 0.3) is 5.56 Å². The molecule has 0 saturated heterocycles. The Kier molecular flexibility index (Phi) is 5.55. The third-order valence-corrected chi connectivity index (χ3v) is 7.36. The fourth-order valence-electron chi connectivity index (χ4n) is 5.16. The third-order valence-electron chi connectivity index (χ3n) is 7.36. The van der Waals surface area contributed by atoms with Gasteiger partial charge in [-0.3, -0.25) is 4.79 Å². The highest BCUT2D eigenvalue weighted by Crippen LogP contribution is 2.49. The van der Waals surface area contributed by atoms with Gasteiger partial charge >= 0.3 is 6.18 Å². The van der Waals surface area contributed by atoms with Crippen LogP contribution in [0.2, 0.25) is 0 Å². The van der Waals surface area contributed by atoms with E-state index in [1.54, 1.807) is 26.0 Å². The molecule has 1 fully saturated rings. The minimum Gasteiger partial charge on any atom is -0.324 e. The first-order valence-electron chi connectivity index (χ1n) is 12.6. The van der Waals surface area contributed by atoms with Crippen molar-refractivity contribution in [2.75, 3.05) is 11.9 Å². The topological polar surface area (TPSA) is 113 Å². The summed E-state index contributed by atoms with van der Waals surface area (Å²) in [7, 11) is 0. The van der Waals surface area contributed by atoms with Gasteiger partial charge in [0.15, 0.2) is 11.5 Å². The zero-order chi connectivity index (χ0) is 27.6. The van der Waals surface area contributed by atoms with Crippen molar-refractivity contribution in [1.29, 1.82) is 5.26 Å². The van der Waals surface area contributed by atoms with Gasteiger partial charge in [0, 0.05) is 24.0 Å². The highest BCUT2D eigenvalue weighted by molar-refractivity contribution is 5.77. The van der Waals surface area contributed by atoms with E-state index in [1.807, 2.05) is 12.1 Å². The average molecular weight is 535 g/mol. The van der Waals surface area contributed by atoms with Gasteiger partial charge < -0.3 is 10.6 Å². The molecule has 6 rings (SSSR count). The Morgan fingerprint density at radius 1 is 1.18 bits per heavy atom. The molecule has 1 saturated carbocycles. The number of anilines is 2. The van der Waals surface area contributed by atoms with E-state index >= 15 is 0 Å². The predicted octanol–water partition coefficient (Wildman–Crippen LogP) is 4.22. The molecular formula is C27H25F3N8O. The maximum absolute atomic E-state index is 13.5. The van der Waals surface area contributed by atoms with Gasteiger partial charge in [-0.1, -0.05) is 12.1 Å². The predicted molar refractivity (Wildman–Crippen MR) is 138 cm³/mol. The fraction of sp³-hybridized carbons (Fsp3) is 0.370. The normalized spacial score (nSPS) is 16.2. The highest BCUT2D eigenvalue weighted by Gasteiger charge is 2.46. The van der Waals surface area contributed by atoms with Crippen LogP contribution in [-0.2, 0) is 23.9 Å². The van der Waals surface area contributed by atoms with Crippen molar-refractivity contribution in [3.05, 3.63) is 69.8 Å². The Balaban J connectivity index is 1.45. The second-order valence-electron chi connectivity index (χ2n) is 10.6. The molecule has 0 amide bonds. The minimum atomic E-state index is -4.68. The number of nitrogens with one attached hydrogen (secondary N) is 2. The summed E-state index contributed by atoms with van der Waals surface area (Å²) < 4.78 is 42.2. The van der Waals surface area contributed by atoms with Crippen LogP contribution in [0.3, 0.4) is 0 Å². The summed E-state index contributed by atoms with van der Waals surface area (Å²) in [5.74, 6) is 0.164. The number of aromatic nitrogens is 5. The molecule has 0 bridgehead atoms. The van der Waals surface area contributed by atoms with Gasteiger partial charge in [0.2, 0.25) is 5.95 Å². The van der Waals surface area contributed by atoms with Crippen LogP contribution >= 0.6 is 0 Å². The standard InChI is InChI=1S/C27H25F3N8O/c1-25(2,14-31)20-4-3-5-21(35-20)38-22-18(23(39)37(38)15-27(28,29)30)13-32-24(36-22)34-17-6-7-19-16(12-17)8-11-33-26(19)9-10-26/h3-7,12-13,33H,8-11,15H2,1-2H3,(H,32,34,36). The van der Waals surface area contributed by atoms with Crippen LogP contribution in [0, 0.1) is 11.3 Å². The maximum atomic E-state index is 13.5. The molecular weight excluding hydrogens is 509 g/mol. The summed E-state index contributed by atoms with van der Waals surface area (Å²) in [5, 5.41) is 16.2. The van der Waals surface area contributed by atoms with Crippen LogP contribution in [-0.4, -0.2) is 37.0 Å². The van der Waals surface area contributed by atoms with E-state index in [1.165, 1.54) is 23.4 Å². The maximum Gasteiger partial charge on any atom is 0.408 e. The number of halogens is 3. The molecule has 200 valence electrons. The summed E-state index contributed by atoms with van der Waals surface area (Å²) in [4.78, 5) is 26.2. The first kappa shape index (κ1) is 25.1. The zero-order valence-corrected chi connectivity index (χ0v) is 21.3. The molecule has 4 aromatic rings. The molecule has 4 heterocycles. The summed E-state index contributed by atoms with van der Waals surface area (Å²) in [6.07, 6.45) is -0.348. The first-order valence-corrected chi connectivity index (χ1v) is 12.6. The van der Waals surface area contributed by atoms with Crippen LogP contribution in [0.15, 0.2) is 47.4 Å². The number of rotatable bonds is 5.